The first-order valence-electron chi connectivity index (χ1n) is 1.49. The van der Waals surface area contributed by atoms with Gasteiger partial charge in [0.25, 0.3) is 0 Å². The van der Waals surface area contributed by atoms with E-state index in [1.807, 2.05) is 10.8 Å². The van der Waals surface area contributed by atoms with Crippen molar-refractivity contribution in [3.8, 4) is 0 Å². The Morgan fingerprint density at radius 3 is 2.57 bits per heavy atom. The van der Waals surface area contributed by atoms with Gasteiger partial charge in [-0.3, -0.25) is 11.3 Å². The minimum absolute atomic E-state index is 0. The smallest absolute Gasteiger partial charge is 0.272 e. The second-order valence-electron chi connectivity index (χ2n) is 0.864. The zero-order valence-electron chi connectivity index (χ0n) is 3.94. The maximum Gasteiger partial charge on any atom is 1.00 e. The molecule has 0 fully saturated rings. The molecule has 3 heteroatoms. The molecule has 0 bridgehead atoms. The molecule has 1 aromatic heterocycles. The summed E-state index contributed by atoms with van der Waals surface area (Å²) < 4.78 is 0. The summed E-state index contributed by atoms with van der Waals surface area (Å²) in [4.78, 5) is 0. The fraction of sp³-hybridized carbons (Fsp3) is 0. The Balaban J connectivity index is 0.000000360. The molecule has 0 N–H and O–H groups in total. The summed E-state index contributed by atoms with van der Waals surface area (Å²) in [5.41, 5.74) is 0. The standard InChI is InChI=1S/C4H2ClS.Li/c5-4-1-2-6-3-4;/h2-3H;/q-1;+1. The summed E-state index contributed by atoms with van der Waals surface area (Å²) in [6, 6.07) is 2.78. The van der Waals surface area contributed by atoms with Gasteiger partial charge in [0.1, 0.15) is 0 Å². The Bertz CT molecular complexity index is 115. The molecule has 0 unspecified atom stereocenters. The number of hydrogen-bond donors (Lipinski definition) is 0. The van der Waals surface area contributed by atoms with Gasteiger partial charge < -0.3 is 0 Å². The van der Waals surface area contributed by atoms with Gasteiger partial charge in [-0.15, -0.1) is 27.4 Å². The van der Waals surface area contributed by atoms with E-state index in [0.717, 1.165) is 0 Å². The number of thiophene rings is 1. The fourth-order valence-corrected chi connectivity index (χ4v) is 0.942. The summed E-state index contributed by atoms with van der Waals surface area (Å²) in [7, 11) is 0. The van der Waals surface area contributed by atoms with Gasteiger partial charge in [0.15, 0.2) is 0 Å². The van der Waals surface area contributed by atoms with E-state index in [1.54, 1.807) is 11.3 Å². The predicted octanol–water partition coefficient (Wildman–Crippen LogP) is -0.794. The first-order valence-corrected chi connectivity index (χ1v) is 2.81. The summed E-state index contributed by atoms with van der Waals surface area (Å²) >= 11 is 6.96. The Morgan fingerprint density at radius 2 is 2.43 bits per heavy atom. The van der Waals surface area contributed by atoms with Gasteiger partial charge in [-0.1, -0.05) is 0 Å². The van der Waals surface area contributed by atoms with E-state index in [2.05, 4.69) is 6.07 Å². The number of hydrogen-bond acceptors (Lipinski definition) is 1. The molecule has 0 spiro atoms. The topological polar surface area (TPSA) is 0 Å². The third-order valence-electron chi connectivity index (χ3n) is 0.436. The second-order valence-corrected chi connectivity index (χ2v) is 2.01. The van der Waals surface area contributed by atoms with Crippen LogP contribution in [0, 0.1) is 6.07 Å². The summed E-state index contributed by atoms with van der Waals surface area (Å²) in [5, 5.41) is 4.36. The molecule has 0 nitrogen and oxygen atoms in total. The average Bonchev–Trinajstić information content (AvgIpc) is 1.86. The zero-order valence-corrected chi connectivity index (χ0v) is 5.51. The Hall–Kier alpha value is 0.587. The SMILES string of the molecule is Clc1[c-]csc1.[Li+]. The molecule has 0 aliphatic heterocycles. The molecule has 1 aromatic rings. The number of halogens is 1. The van der Waals surface area contributed by atoms with Gasteiger partial charge in [-0.05, 0) is 0 Å². The van der Waals surface area contributed by atoms with Crippen LogP contribution < -0.4 is 18.9 Å². The van der Waals surface area contributed by atoms with Gasteiger partial charge in [0.05, 0.1) is 0 Å². The van der Waals surface area contributed by atoms with Crippen molar-refractivity contribution in [2.75, 3.05) is 0 Å². The van der Waals surface area contributed by atoms with Crippen molar-refractivity contribution >= 4 is 22.9 Å². The van der Waals surface area contributed by atoms with E-state index in [1.165, 1.54) is 0 Å². The van der Waals surface area contributed by atoms with Gasteiger partial charge in [0.2, 0.25) is 0 Å². The van der Waals surface area contributed by atoms with Crippen molar-refractivity contribution in [1.29, 1.82) is 0 Å². The van der Waals surface area contributed by atoms with E-state index in [-0.39, 0.29) is 18.9 Å². The monoisotopic (exact) mass is 124 g/mol. The average molecular weight is 125 g/mol. The molecular weight excluding hydrogens is 123 g/mol. The molecule has 0 aliphatic rings. The molecule has 0 saturated carbocycles. The predicted molar refractivity (Wildman–Crippen MR) is 28.2 cm³/mol. The van der Waals surface area contributed by atoms with Crippen molar-refractivity contribution in [1.82, 2.24) is 0 Å². The summed E-state index contributed by atoms with van der Waals surface area (Å²) in [5.74, 6) is 0. The van der Waals surface area contributed by atoms with E-state index in [4.69, 9.17) is 11.6 Å². The van der Waals surface area contributed by atoms with Crippen molar-refractivity contribution in [2.24, 2.45) is 0 Å². The molecule has 1 rings (SSSR count). The van der Waals surface area contributed by atoms with Gasteiger partial charge in [-0.2, -0.15) is 0 Å². The Morgan fingerprint density at radius 1 is 1.71 bits per heavy atom. The third kappa shape index (κ3) is 2.41. The zero-order chi connectivity index (χ0) is 4.41. The first-order chi connectivity index (χ1) is 2.89. The third-order valence-corrected chi connectivity index (χ3v) is 1.41. The Kier molecular flexibility index (Phi) is 3.87. The van der Waals surface area contributed by atoms with Crippen molar-refractivity contribution < 1.29 is 18.9 Å². The number of rotatable bonds is 0. The van der Waals surface area contributed by atoms with Gasteiger partial charge >= 0.3 is 18.9 Å². The van der Waals surface area contributed by atoms with E-state index >= 15 is 0 Å². The van der Waals surface area contributed by atoms with Gasteiger partial charge in [0, 0.05) is 0 Å². The molecule has 0 aliphatic carbocycles. The van der Waals surface area contributed by atoms with Crippen LogP contribution in [-0.2, 0) is 0 Å². The minimum Gasteiger partial charge on any atom is -0.272 e. The van der Waals surface area contributed by atoms with E-state index in [9.17, 15) is 0 Å². The molecule has 0 atom stereocenters. The van der Waals surface area contributed by atoms with E-state index in [0.29, 0.717) is 5.02 Å². The van der Waals surface area contributed by atoms with Crippen LogP contribution in [0.4, 0.5) is 0 Å². The molecule has 7 heavy (non-hydrogen) atoms. The van der Waals surface area contributed by atoms with Crippen LogP contribution in [0.1, 0.15) is 0 Å². The maximum absolute atomic E-state index is 5.41. The molecule has 32 valence electrons. The van der Waals surface area contributed by atoms with Crippen LogP contribution in [0.15, 0.2) is 10.8 Å². The van der Waals surface area contributed by atoms with Gasteiger partial charge in [-0.25, -0.2) is 6.07 Å². The van der Waals surface area contributed by atoms with Crippen LogP contribution in [0.25, 0.3) is 0 Å². The largest absolute Gasteiger partial charge is 1.00 e. The fourth-order valence-electron chi connectivity index (χ4n) is 0.218. The first kappa shape index (κ1) is 7.59. The van der Waals surface area contributed by atoms with Crippen molar-refractivity contribution in [2.45, 2.75) is 0 Å². The Labute approximate surface area is 63.7 Å². The minimum atomic E-state index is 0. The molecule has 1 heterocycles. The molecule has 0 radical (unpaired) electrons. The van der Waals surface area contributed by atoms with E-state index < -0.39 is 0 Å². The van der Waals surface area contributed by atoms with Crippen LogP contribution >= 0.6 is 22.9 Å². The summed E-state index contributed by atoms with van der Waals surface area (Å²) in [6.45, 7) is 0. The molecule has 0 aromatic carbocycles. The van der Waals surface area contributed by atoms with Crippen molar-refractivity contribution in [3.05, 3.63) is 21.8 Å². The second kappa shape index (κ2) is 3.57. The summed E-state index contributed by atoms with van der Waals surface area (Å²) in [6.07, 6.45) is 0. The van der Waals surface area contributed by atoms with Crippen LogP contribution in [0.5, 0.6) is 0 Å². The van der Waals surface area contributed by atoms with Crippen molar-refractivity contribution in [3.63, 3.8) is 0 Å². The quantitative estimate of drug-likeness (QED) is 0.314. The molecular formula is C4H2ClLiS. The molecule has 0 amide bonds. The van der Waals surface area contributed by atoms with Crippen LogP contribution in [-0.4, -0.2) is 0 Å². The van der Waals surface area contributed by atoms with Crippen LogP contribution in [0.2, 0.25) is 5.02 Å². The normalized spacial score (nSPS) is 7.57. The van der Waals surface area contributed by atoms with Crippen LogP contribution in [0.3, 0.4) is 0 Å². The maximum atomic E-state index is 5.41. The molecule has 0 saturated heterocycles.